The quantitative estimate of drug-likeness (QED) is 0.0288. The first-order valence-corrected chi connectivity index (χ1v) is 21.6. The highest BCUT2D eigenvalue weighted by molar-refractivity contribution is 5.69. The second-order valence-electron chi connectivity index (χ2n) is 14.3. The van der Waals surface area contributed by atoms with Gasteiger partial charge < -0.3 is 29.0 Å². The Balaban J connectivity index is 4.01. The molecule has 1 N–H and O–H groups in total. The molecule has 0 atom stereocenters. The smallest absolute Gasteiger partial charge is 0.306 e. The molecule has 0 aliphatic heterocycles. The first-order chi connectivity index (χ1) is 25.1. The third kappa shape index (κ3) is 38.1. The number of esters is 2. The standard InChI is InChI=1S/C43H83NO7/c1-4-7-10-13-20-28-39-50-43(51-40-29-21-14-11-8-5-2)32-31-42(47)49-38-27-22-18-25-34-44(35-36-45)33-24-17-15-16-23-30-41(46)48-37-26-19-12-9-6-3/h19,26,43,45H,4-18,20-25,27-40H2,1-3H3/b26-19+. The van der Waals surface area contributed by atoms with Crippen LogP contribution in [-0.4, -0.2) is 80.9 Å². The van der Waals surface area contributed by atoms with E-state index >= 15 is 0 Å². The van der Waals surface area contributed by atoms with Crippen LogP contribution in [0.4, 0.5) is 0 Å². The number of rotatable bonds is 41. The topological polar surface area (TPSA) is 94.5 Å². The summed E-state index contributed by atoms with van der Waals surface area (Å²) >= 11 is 0. The van der Waals surface area contributed by atoms with Crippen molar-refractivity contribution < 1.29 is 33.6 Å². The van der Waals surface area contributed by atoms with Crippen molar-refractivity contribution in [1.82, 2.24) is 4.90 Å². The monoisotopic (exact) mass is 726 g/mol. The molecule has 0 aliphatic rings. The highest BCUT2D eigenvalue weighted by Crippen LogP contribution is 2.13. The summed E-state index contributed by atoms with van der Waals surface area (Å²) in [6, 6.07) is 0. The highest BCUT2D eigenvalue weighted by Gasteiger charge is 2.14. The summed E-state index contributed by atoms with van der Waals surface area (Å²) in [5.41, 5.74) is 0. The van der Waals surface area contributed by atoms with Gasteiger partial charge in [-0.15, -0.1) is 0 Å². The van der Waals surface area contributed by atoms with E-state index in [0.29, 0.717) is 52.2 Å². The molecule has 0 saturated carbocycles. The van der Waals surface area contributed by atoms with E-state index in [2.05, 4.69) is 31.7 Å². The number of carbonyl (C=O) groups excluding carboxylic acids is 2. The van der Waals surface area contributed by atoms with Gasteiger partial charge in [-0.3, -0.25) is 9.59 Å². The number of allylic oxidation sites excluding steroid dienone is 1. The van der Waals surface area contributed by atoms with Gasteiger partial charge >= 0.3 is 11.9 Å². The van der Waals surface area contributed by atoms with Gasteiger partial charge in [-0.2, -0.15) is 0 Å². The number of hydrogen-bond donors (Lipinski definition) is 1. The summed E-state index contributed by atoms with van der Waals surface area (Å²) in [7, 11) is 0. The van der Waals surface area contributed by atoms with Gasteiger partial charge in [0.05, 0.1) is 19.6 Å². The van der Waals surface area contributed by atoms with Crippen LogP contribution in [0.2, 0.25) is 0 Å². The molecule has 0 heterocycles. The van der Waals surface area contributed by atoms with E-state index in [-0.39, 0.29) is 24.8 Å². The summed E-state index contributed by atoms with van der Waals surface area (Å²) < 4.78 is 22.9. The molecule has 302 valence electrons. The molecule has 0 amide bonds. The Bertz CT molecular complexity index is 745. The fraction of sp³-hybridized carbons (Fsp3) is 0.907. The maximum absolute atomic E-state index is 12.5. The maximum atomic E-state index is 12.5. The lowest BCUT2D eigenvalue weighted by atomic mass is 10.1. The SMILES string of the molecule is CCCC/C=C/COC(=O)CCCCCCCN(CCO)CCCCCCOC(=O)CCC(OCCCCCCCC)OCCCCCCCC. The number of carbonyl (C=O) groups is 2. The number of unbranched alkanes of at least 4 members (excludes halogenated alkanes) is 19. The number of hydrogen-bond acceptors (Lipinski definition) is 8. The third-order valence-electron chi connectivity index (χ3n) is 9.32. The van der Waals surface area contributed by atoms with E-state index in [1.54, 1.807) is 0 Å². The van der Waals surface area contributed by atoms with Gasteiger partial charge in [0.1, 0.15) is 6.61 Å². The van der Waals surface area contributed by atoms with Crippen LogP contribution in [0.1, 0.15) is 194 Å². The lowest BCUT2D eigenvalue weighted by molar-refractivity contribution is -0.159. The van der Waals surface area contributed by atoms with Gasteiger partial charge in [-0.1, -0.05) is 142 Å². The van der Waals surface area contributed by atoms with Crippen molar-refractivity contribution in [3.8, 4) is 0 Å². The molecule has 0 fully saturated rings. The van der Waals surface area contributed by atoms with E-state index in [1.807, 2.05) is 6.08 Å². The van der Waals surface area contributed by atoms with Crippen LogP contribution >= 0.6 is 0 Å². The van der Waals surface area contributed by atoms with Gasteiger partial charge in [0.25, 0.3) is 0 Å². The second-order valence-corrected chi connectivity index (χ2v) is 14.3. The number of nitrogens with zero attached hydrogens (tertiary/aromatic N) is 1. The molecule has 0 radical (unpaired) electrons. The minimum Gasteiger partial charge on any atom is -0.466 e. The highest BCUT2D eigenvalue weighted by atomic mass is 16.7. The second kappa shape index (κ2) is 41.3. The third-order valence-corrected chi connectivity index (χ3v) is 9.32. The van der Waals surface area contributed by atoms with Crippen LogP contribution < -0.4 is 0 Å². The lowest BCUT2D eigenvalue weighted by Gasteiger charge is -2.21. The summed E-state index contributed by atoms with van der Waals surface area (Å²) in [6.45, 7) is 11.8. The molecule has 0 unspecified atom stereocenters. The molecule has 0 aliphatic carbocycles. The molecule has 0 aromatic heterocycles. The van der Waals surface area contributed by atoms with E-state index in [4.69, 9.17) is 18.9 Å². The molecule has 0 aromatic carbocycles. The minimum atomic E-state index is -0.325. The maximum Gasteiger partial charge on any atom is 0.306 e. The summed E-state index contributed by atoms with van der Waals surface area (Å²) in [5, 5.41) is 9.51. The summed E-state index contributed by atoms with van der Waals surface area (Å²) in [5.74, 6) is -0.259. The Morgan fingerprint density at radius 1 is 0.529 bits per heavy atom. The van der Waals surface area contributed by atoms with Crippen LogP contribution in [0.5, 0.6) is 0 Å². The normalized spacial score (nSPS) is 11.7. The van der Waals surface area contributed by atoms with Gasteiger partial charge in [0, 0.05) is 32.6 Å². The van der Waals surface area contributed by atoms with Crippen molar-refractivity contribution in [2.75, 3.05) is 52.7 Å². The minimum absolute atomic E-state index is 0.0977. The first-order valence-electron chi connectivity index (χ1n) is 21.6. The summed E-state index contributed by atoms with van der Waals surface area (Å²) in [4.78, 5) is 26.7. The fourth-order valence-corrected chi connectivity index (χ4v) is 6.03. The van der Waals surface area contributed by atoms with Gasteiger partial charge in [-0.25, -0.2) is 0 Å². The van der Waals surface area contributed by atoms with E-state index in [1.165, 1.54) is 77.0 Å². The van der Waals surface area contributed by atoms with Crippen LogP contribution in [0.3, 0.4) is 0 Å². The van der Waals surface area contributed by atoms with Crippen molar-refractivity contribution >= 4 is 11.9 Å². The number of aliphatic hydroxyl groups is 1. The van der Waals surface area contributed by atoms with Gasteiger partial charge in [-0.05, 0) is 58.0 Å². The Hall–Kier alpha value is -1.48. The molecule has 0 saturated heterocycles. The predicted octanol–water partition coefficient (Wildman–Crippen LogP) is 10.9. The van der Waals surface area contributed by atoms with Crippen molar-refractivity contribution in [1.29, 1.82) is 0 Å². The van der Waals surface area contributed by atoms with Crippen molar-refractivity contribution in [3.63, 3.8) is 0 Å². The molecule has 0 rings (SSSR count). The van der Waals surface area contributed by atoms with Crippen molar-refractivity contribution in [3.05, 3.63) is 12.2 Å². The van der Waals surface area contributed by atoms with E-state index < -0.39 is 0 Å². The first kappa shape index (κ1) is 49.5. The average molecular weight is 726 g/mol. The Morgan fingerprint density at radius 3 is 1.59 bits per heavy atom. The van der Waals surface area contributed by atoms with E-state index in [9.17, 15) is 14.7 Å². The van der Waals surface area contributed by atoms with Crippen LogP contribution in [0, 0.1) is 0 Å². The molecular formula is C43H83NO7. The molecule has 0 spiro atoms. The van der Waals surface area contributed by atoms with E-state index in [0.717, 1.165) is 90.1 Å². The lowest BCUT2D eigenvalue weighted by Crippen LogP contribution is -2.29. The average Bonchev–Trinajstić information content (AvgIpc) is 3.13. The van der Waals surface area contributed by atoms with Crippen LogP contribution in [0.15, 0.2) is 12.2 Å². The Kier molecular flexibility index (Phi) is 40.1. The zero-order valence-electron chi connectivity index (χ0n) is 33.8. The molecule has 51 heavy (non-hydrogen) atoms. The zero-order chi connectivity index (χ0) is 37.3. The molecule has 0 aromatic rings. The van der Waals surface area contributed by atoms with Gasteiger partial charge in [0.15, 0.2) is 6.29 Å². The Morgan fingerprint density at radius 2 is 1.02 bits per heavy atom. The Labute approximate surface area is 315 Å². The molecular weight excluding hydrogens is 642 g/mol. The largest absolute Gasteiger partial charge is 0.466 e. The van der Waals surface area contributed by atoms with Crippen molar-refractivity contribution in [2.24, 2.45) is 0 Å². The predicted molar refractivity (Wildman–Crippen MR) is 212 cm³/mol. The van der Waals surface area contributed by atoms with Gasteiger partial charge in [0.2, 0.25) is 0 Å². The van der Waals surface area contributed by atoms with Crippen LogP contribution in [0.25, 0.3) is 0 Å². The summed E-state index contributed by atoms with van der Waals surface area (Å²) in [6.07, 6.45) is 32.6. The number of ether oxygens (including phenoxy) is 4. The molecule has 8 nitrogen and oxygen atoms in total. The zero-order valence-corrected chi connectivity index (χ0v) is 33.8. The number of aliphatic hydroxyl groups excluding tert-OH is 1. The fourth-order valence-electron chi connectivity index (χ4n) is 6.03. The molecule has 0 bridgehead atoms. The van der Waals surface area contributed by atoms with Crippen LogP contribution in [-0.2, 0) is 28.5 Å². The van der Waals surface area contributed by atoms with Crippen molar-refractivity contribution in [2.45, 2.75) is 200 Å². The molecule has 8 heteroatoms.